The number of aldehydes is 1. The summed E-state index contributed by atoms with van der Waals surface area (Å²) in [5, 5.41) is 0. The van der Waals surface area contributed by atoms with Crippen LogP contribution in [-0.2, 0) is 11.3 Å². The summed E-state index contributed by atoms with van der Waals surface area (Å²) >= 11 is 0. The Kier molecular flexibility index (Phi) is 4.54. The van der Waals surface area contributed by atoms with Gasteiger partial charge in [-0.3, -0.25) is 4.90 Å². The standard InChI is InChI=1S/C19H21NO2/c1-22-18-10-7-15(8-11-18)13-20-17(14-21)9-12-19(20)16-5-3-2-4-6-16/h2-8,10-11,14,17,19H,9,12-13H2,1H3. The van der Waals surface area contributed by atoms with E-state index in [1.165, 1.54) is 11.1 Å². The molecule has 1 fully saturated rings. The zero-order valence-corrected chi connectivity index (χ0v) is 12.8. The molecule has 2 unspecified atom stereocenters. The van der Waals surface area contributed by atoms with Gasteiger partial charge in [0.05, 0.1) is 13.2 Å². The van der Waals surface area contributed by atoms with Gasteiger partial charge in [0, 0.05) is 12.6 Å². The highest BCUT2D eigenvalue weighted by Gasteiger charge is 2.33. The molecule has 2 aromatic carbocycles. The average molecular weight is 295 g/mol. The maximum atomic E-state index is 11.4. The SMILES string of the molecule is COc1ccc(CN2C(C=O)CCC2c2ccccc2)cc1. The van der Waals surface area contributed by atoms with Gasteiger partial charge in [-0.05, 0) is 36.1 Å². The molecule has 0 aromatic heterocycles. The van der Waals surface area contributed by atoms with E-state index in [0.29, 0.717) is 6.04 Å². The van der Waals surface area contributed by atoms with Crippen molar-refractivity contribution < 1.29 is 9.53 Å². The fourth-order valence-electron chi connectivity index (χ4n) is 3.24. The molecule has 0 saturated carbocycles. The molecule has 2 atom stereocenters. The quantitative estimate of drug-likeness (QED) is 0.789. The van der Waals surface area contributed by atoms with Crippen LogP contribution in [-0.4, -0.2) is 24.3 Å². The lowest BCUT2D eigenvalue weighted by molar-refractivity contribution is -0.112. The Hall–Kier alpha value is -2.13. The second-order valence-corrected chi connectivity index (χ2v) is 5.73. The molecule has 1 aliphatic heterocycles. The number of carbonyl (C=O) groups excluding carboxylic acids is 1. The molecule has 3 nitrogen and oxygen atoms in total. The number of rotatable bonds is 5. The van der Waals surface area contributed by atoms with E-state index in [-0.39, 0.29) is 6.04 Å². The summed E-state index contributed by atoms with van der Waals surface area (Å²) in [6.45, 7) is 0.785. The van der Waals surface area contributed by atoms with Gasteiger partial charge in [0.1, 0.15) is 12.0 Å². The Morgan fingerprint density at radius 3 is 2.45 bits per heavy atom. The lowest BCUT2D eigenvalue weighted by atomic mass is 10.0. The molecule has 0 spiro atoms. The molecular formula is C19H21NO2. The summed E-state index contributed by atoms with van der Waals surface area (Å²) in [4.78, 5) is 13.7. The molecule has 0 N–H and O–H groups in total. The van der Waals surface area contributed by atoms with Crippen molar-refractivity contribution in [2.75, 3.05) is 7.11 Å². The van der Waals surface area contributed by atoms with Crippen molar-refractivity contribution in [3.63, 3.8) is 0 Å². The number of benzene rings is 2. The lowest BCUT2D eigenvalue weighted by Gasteiger charge is -2.28. The highest BCUT2D eigenvalue weighted by atomic mass is 16.5. The van der Waals surface area contributed by atoms with Gasteiger partial charge in [0.2, 0.25) is 0 Å². The first-order valence-corrected chi connectivity index (χ1v) is 7.70. The molecule has 0 aliphatic carbocycles. The molecule has 3 rings (SSSR count). The first kappa shape index (κ1) is 14.8. The highest BCUT2D eigenvalue weighted by Crippen LogP contribution is 2.36. The molecule has 0 radical (unpaired) electrons. The predicted molar refractivity (Wildman–Crippen MR) is 86.8 cm³/mol. The third-order valence-corrected chi connectivity index (χ3v) is 4.43. The Morgan fingerprint density at radius 1 is 1.09 bits per heavy atom. The molecule has 3 heteroatoms. The first-order valence-electron chi connectivity index (χ1n) is 7.70. The van der Waals surface area contributed by atoms with Gasteiger partial charge in [-0.2, -0.15) is 0 Å². The van der Waals surface area contributed by atoms with E-state index in [0.717, 1.165) is 31.4 Å². The van der Waals surface area contributed by atoms with Crippen molar-refractivity contribution in [3.05, 3.63) is 65.7 Å². The summed E-state index contributed by atoms with van der Waals surface area (Å²) in [5.41, 5.74) is 2.50. The van der Waals surface area contributed by atoms with E-state index in [2.05, 4.69) is 41.3 Å². The number of carbonyl (C=O) groups is 1. The van der Waals surface area contributed by atoms with E-state index in [4.69, 9.17) is 4.74 Å². The number of hydrogen-bond donors (Lipinski definition) is 0. The normalized spacial score (nSPS) is 21.7. The largest absolute Gasteiger partial charge is 0.497 e. The molecule has 1 heterocycles. The monoisotopic (exact) mass is 295 g/mol. The molecule has 114 valence electrons. The smallest absolute Gasteiger partial charge is 0.137 e. The van der Waals surface area contributed by atoms with Crippen molar-refractivity contribution in [3.8, 4) is 5.75 Å². The van der Waals surface area contributed by atoms with Crippen LogP contribution >= 0.6 is 0 Å². The molecule has 1 aliphatic rings. The molecular weight excluding hydrogens is 274 g/mol. The van der Waals surface area contributed by atoms with Crippen LogP contribution in [0.25, 0.3) is 0 Å². The second-order valence-electron chi connectivity index (χ2n) is 5.73. The van der Waals surface area contributed by atoms with Gasteiger partial charge in [-0.25, -0.2) is 0 Å². The van der Waals surface area contributed by atoms with Crippen LogP contribution in [0, 0.1) is 0 Å². The van der Waals surface area contributed by atoms with Crippen LogP contribution < -0.4 is 4.74 Å². The highest BCUT2D eigenvalue weighted by molar-refractivity contribution is 5.58. The van der Waals surface area contributed by atoms with E-state index < -0.39 is 0 Å². The van der Waals surface area contributed by atoms with Crippen molar-refractivity contribution in [2.45, 2.75) is 31.5 Å². The van der Waals surface area contributed by atoms with Crippen LogP contribution in [0.1, 0.15) is 30.0 Å². The zero-order valence-electron chi connectivity index (χ0n) is 12.8. The minimum atomic E-state index is 0.00677. The minimum absolute atomic E-state index is 0.00677. The number of nitrogens with zero attached hydrogens (tertiary/aromatic N) is 1. The Balaban J connectivity index is 1.81. The van der Waals surface area contributed by atoms with Gasteiger partial charge in [-0.15, -0.1) is 0 Å². The summed E-state index contributed by atoms with van der Waals surface area (Å²) in [5.74, 6) is 0.858. The topological polar surface area (TPSA) is 29.5 Å². The van der Waals surface area contributed by atoms with E-state index >= 15 is 0 Å². The maximum absolute atomic E-state index is 11.4. The first-order chi connectivity index (χ1) is 10.8. The van der Waals surface area contributed by atoms with E-state index in [9.17, 15) is 4.79 Å². The Bertz CT molecular complexity index is 609. The molecule has 0 bridgehead atoms. The predicted octanol–water partition coefficient (Wildman–Crippen LogP) is 3.60. The van der Waals surface area contributed by atoms with Crippen LogP contribution in [0.3, 0.4) is 0 Å². The number of ether oxygens (including phenoxy) is 1. The van der Waals surface area contributed by atoms with Gasteiger partial charge in [0.25, 0.3) is 0 Å². The lowest BCUT2D eigenvalue weighted by Crippen LogP contribution is -2.32. The fourth-order valence-corrected chi connectivity index (χ4v) is 3.24. The van der Waals surface area contributed by atoms with Crippen LogP contribution in [0.2, 0.25) is 0 Å². The summed E-state index contributed by atoms with van der Waals surface area (Å²) in [6, 6.07) is 18.9. The van der Waals surface area contributed by atoms with Crippen molar-refractivity contribution >= 4 is 6.29 Å². The molecule has 22 heavy (non-hydrogen) atoms. The van der Waals surface area contributed by atoms with Crippen LogP contribution in [0.4, 0.5) is 0 Å². The maximum Gasteiger partial charge on any atom is 0.137 e. The van der Waals surface area contributed by atoms with Gasteiger partial charge in [0.15, 0.2) is 0 Å². The van der Waals surface area contributed by atoms with E-state index in [1.807, 2.05) is 18.2 Å². The van der Waals surface area contributed by atoms with Crippen molar-refractivity contribution in [1.29, 1.82) is 0 Å². The Morgan fingerprint density at radius 2 is 1.82 bits per heavy atom. The van der Waals surface area contributed by atoms with Gasteiger partial charge in [-0.1, -0.05) is 42.5 Å². The number of hydrogen-bond acceptors (Lipinski definition) is 3. The van der Waals surface area contributed by atoms with Crippen LogP contribution in [0.15, 0.2) is 54.6 Å². The Labute approximate surface area is 131 Å². The number of likely N-dealkylation sites (tertiary alicyclic amines) is 1. The van der Waals surface area contributed by atoms with Crippen molar-refractivity contribution in [1.82, 2.24) is 4.90 Å². The summed E-state index contributed by atoms with van der Waals surface area (Å²) < 4.78 is 5.20. The zero-order chi connectivity index (χ0) is 15.4. The second kappa shape index (κ2) is 6.75. The molecule has 0 amide bonds. The summed E-state index contributed by atoms with van der Waals surface area (Å²) in [6.07, 6.45) is 3.05. The van der Waals surface area contributed by atoms with E-state index in [1.54, 1.807) is 7.11 Å². The molecule has 2 aromatic rings. The third-order valence-electron chi connectivity index (χ3n) is 4.43. The van der Waals surface area contributed by atoms with Gasteiger partial charge < -0.3 is 9.53 Å². The summed E-state index contributed by atoms with van der Waals surface area (Å²) in [7, 11) is 1.67. The van der Waals surface area contributed by atoms with Gasteiger partial charge >= 0.3 is 0 Å². The van der Waals surface area contributed by atoms with Crippen LogP contribution in [0.5, 0.6) is 5.75 Å². The number of methoxy groups -OCH3 is 1. The molecule has 1 saturated heterocycles. The average Bonchev–Trinajstić information content (AvgIpc) is 2.99. The minimum Gasteiger partial charge on any atom is -0.497 e. The third kappa shape index (κ3) is 3.04. The fraction of sp³-hybridized carbons (Fsp3) is 0.316. The van der Waals surface area contributed by atoms with Crippen molar-refractivity contribution in [2.24, 2.45) is 0 Å².